The molecule has 1 aliphatic carbocycles. The van der Waals surface area contributed by atoms with Crippen LogP contribution in [0.4, 0.5) is 18.9 Å². The molecule has 9 heteroatoms. The third kappa shape index (κ3) is 4.55. The number of hydrogen-bond donors (Lipinski definition) is 1. The summed E-state index contributed by atoms with van der Waals surface area (Å²) >= 11 is 1.24. The van der Waals surface area contributed by atoms with E-state index in [0.29, 0.717) is 27.0 Å². The zero-order valence-electron chi connectivity index (χ0n) is 17.3. The number of carbonyl (C=O) groups is 1. The molecule has 0 atom stereocenters. The van der Waals surface area contributed by atoms with Gasteiger partial charge >= 0.3 is 6.18 Å². The molecule has 2 heterocycles. The van der Waals surface area contributed by atoms with Gasteiger partial charge in [0.15, 0.2) is 0 Å². The Balaban J connectivity index is 1.46. The van der Waals surface area contributed by atoms with Crippen molar-refractivity contribution in [2.24, 2.45) is 0 Å². The molecule has 166 valence electrons. The molecule has 2 aromatic heterocycles. The molecule has 4 rings (SSSR count). The monoisotopic (exact) mass is 458 g/mol. The quantitative estimate of drug-likeness (QED) is 0.571. The van der Waals surface area contributed by atoms with Crippen molar-refractivity contribution in [1.29, 1.82) is 5.26 Å². The minimum atomic E-state index is -4.52. The lowest BCUT2D eigenvalue weighted by Gasteiger charge is -2.36. The number of halogens is 3. The highest BCUT2D eigenvalue weighted by molar-refractivity contribution is 7.12. The van der Waals surface area contributed by atoms with Gasteiger partial charge < -0.3 is 10.2 Å². The number of hydrogen-bond acceptors (Lipinski definition) is 5. The minimum Gasteiger partial charge on any atom is -0.371 e. The van der Waals surface area contributed by atoms with Gasteiger partial charge in [0.05, 0.1) is 16.0 Å². The van der Waals surface area contributed by atoms with Crippen LogP contribution >= 0.6 is 11.3 Å². The summed E-state index contributed by atoms with van der Waals surface area (Å²) in [6.07, 6.45) is -1.58. The fraction of sp³-hybridized carbons (Fsp3) is 0.348. The highest BCUT2D eigenvalue weighted by Crippen LogP contribution is 2.36. The fourth-order valence-electron chi connectivity index (χ4n) is 4.17. The van der Waals surface area contributed by atoms with Gasteiger partial charge in [-0.1, -0.05) is 18.2 Å². The number of rotatable bonds is 4. The van der Waals surface area contributed by atoms with Crippen LogP contribution in [0, 0.1) is 11.3 Å². The van der Waals surface area contributed by atoms with E-state index in [1.165, 1.54) is 11.3 Å². The maximum Gasteiger partial charge on any atom is 0.433 e. The Bertz CT molecular complexity index is 1180. The Labute approximate surface area is 187 Å². The summed E-state index contributed by atoms with van der Waals surface area (Å²) in [6.45, 7) is 0. The number of nitriles is 1. The zero-order chi connectivity index (χ0) is 22.9. The Hall–Kier alpha value is -3.12. The predicted molar refractivity (Wildman–Crippen MR) is 118 cm³/mol. The molecular formula is C23H21F3N4OS. The van der Waals surface area contributed by atoms with Crippen LogP contribution < -0.4 is 10.2 Å². The number of amides is 1. The molecule has 1 amide bonds. The standard InChI is InChI=1S/C23H21F3N4OS/c1-30(19-11-21(23(24,25)26)29-18-5-3-2-4-17(18)19)16-8-6-15(7-9-16)28-22(31)20-10-14(12-27)13-32-20/h2-5,10-11,13,15-16H,6-9H2,1H3,(H,28,31)/t15-,16+. The summed E-state index contributed by atoms with van der Waals surface area (Å²) in [4.78, 5) is 18.6. The van der Waals surface area contributed by atoms with Crippen molar-refractivity contribution >= 4 is 33.8 Å². The highest BCUT2D eigenvalue weighted by atomic mass is 32.1. The Kier molecular flexibility index (Phi) is 6.07. The maximum absolute atomic E-state index is 13.4. The van der Waals surface area contributed by atoms with Crippen molar-refractivity contribution < 1.29 is 18.0 Å². The van der Waals surface area contributed by atoms with Gasteiger partial charge in [-0.25, -0.2) is 4.98 Å². The molecule has 0 bridgehead atoms. The van der Waals surface area contributed by atoms with Crippen molar-refractivity contribution in [1.82, 2.24) is 10.3 Å². The zero-order valence-corrected chi connectivity index (χ0v) is 18.1. The number of benzene rings is 1. The van der Waals surface area contributed by atoms with E-state index in [-0.39, 0.29) is 18.0 Å². The molecule has 0 saturated heterocycles. The predicted octanol–water partition coefficient (Wildman–Crippen LogP) is 5.36. The van der Waals surface area contributed by atoms with Crippen LogP contribution in [-0.2, 0) is 6.18 Å². The van der Waals surface area contributed by atoms with E-state index in [9.17, 15) is 18.0 Å². The normalized spacial score (nSPS) is 18.8. The second-order valence-corrected chi connectivity index (χ2v) is 8.85. The molecule has 1 N–H and O–H groups in total. The van der Waals surface area contributed by atoms with E-state index < -0.39 is 11.9 Å². The molecule has 1 fully saturated rings. The average Bonchev–Trinajstić information content (AvgIpc) is 3.27. The Morgan fingerprint density at radius 2 is 1.94 bits per heavy atom. The van der Waals surface area contributed by atoms with E-state index >= 15 is 0 Å². The largest absolute Gasteiger partial charge is 0.433 e. The lowest BCUT2D eigenvalue weighted by atomic mass is 9.89. The van der Waals surface area contributed by atoms with E-state index in [0.717, 1.165) is 31.7 Å². The van der Waals surface area contributed by atoms with Gasteiger partial charge in [0.2, 0.25) is 0 Å². The fourth-order valence-corrected chi connectivity index (χ4v) is 4.90. The van der Waals surface area contributed by atoms with E-state index in [4.69, 9.17) is 5.26 Å². The van der Waals surface area contributed by atoms with E-state index in [1.54, 1.807) is 35.7 Å². The first kappa shape index (κ1) is 22.1. The number of alkyl halides is 3. The third-order valence-electron chi connectivity index (χ3n) is 5.90. The molecule has 1 aliphatic rings. The molecule has 32 heavy (non-hydrogen) atoms. The number of thiophene rings is 1. The summed E-state index contributed by atoms with van der Waals surface area (Å²) in [6, 6.07) is 11.6. The third-order valence-corrected chi connectivity index (χ3v) is 6.83. The maximum atomic E-state index is 13.4. The molecular weight excluding hydrogens is 437 g/mol. The van der Waals surface area contributed by atoms with Crippen LogP contribution in [0.5, 0.6) is 0 Å². The first-order valence-corrected chi connectivity index (χ1v) is 11.1. The van der Waals surface area contributed by atoms with Crippen molar-refractivity contribution in [2.75, 3.05) is 11.9 Å². The number of aromatic nitrogens is 1. The summed E-state index contributed by atoms with van der Waals surface area (Å²) in [7, 11) is 1.82. The first-order valence-electron chi connectivity index (χ1n) is 10.3. The number of carbonyl (C=O) groups excluding carboxylic acids is 1. The van der Waals surface area contributed by atoms with Gasteiger partial charge in [-0.15, -0.1) is 11.3 Å². The summed E-state index contributed by atoms with van der Waals surface area (Å²) < 4.78 is 40.2. The highest BCUT2D eigenvalue weighted by Gasteiger charge is 2.34. The van der Waals surface area contributed by atoms with E-state index in [1.807, 2.05) is 18.0 Å². The van der Waals surface area contributed by atoms with Gasteiger partial charge in [0.1, 0.15) is 11.8 Å². The molecule has 1 aromatic carbocycles. The van der Waals surface area contributed by atoms with Gasteiger partial charge in [0, 0.05) is 35.6 Å². The summed E-state index contributed by atoms with van der Waals surface area (Å²) in [5, 5.41) is 14.3. The van der Waals surface area contributed by atoms with E-state index in [2.05, 4.69) is 10.3 Å². The molecule has 5 nitrogen and oxygen atoms in total. The Morgan fingerprint density at radius 1 is 1.22 bits per heavy atom. The van der Waals surface area contributed by atoms with Gasteiger partial charge in [-0.3, -0.25) is 4.79 Å². The van der Waals surface area contributed by atoms with Crippen LogP contribution in [-0.4, -0.2) is 30.0 Å². The molecule has 1 saturated carbocycles. The van der Waals surface area contributed by atoms with Crippen LogP contribution in [0.2, 0.25) is 0 Å². The second-order valence-electron chi connectivity index (χ2n) is 7.94. The summed E-state index contributed by atoms with van der Waals surface area (Å²) in [5.74, 6) is -0.191. The average molecular weight is 459 g/mol. The van der Waals surface area contributed by atoms with Crippen molar-refractivity contribution in [3.8, 4) is 6.07 Å². The van der Waals surface area contributed by atoms with Crippen LogP contribution in [0.1, 0.15) is 46.6 Å². The molecule has 0 aliphatic heterocycles. The molecule has 0 spiro atoms. The first-order chi connectivity index (χ1) is 15.3. The molecule has 0 unspecified atom stereocenters. The van der Waals surface area contributed by atoms with Gasteiger partial charge in [-0.2, -0.15) is 18.4 Å². The Morgan fingerprint density at radius 3 is 2.59 bits per heavy atom. The number of pyridine rings is 1. The number of nitrogens with zero attached hydrogens (tertiary/aromatic N) is 3. The van der Waals surface area contributed by atoms with Crippen molar-refractivity contribution in [3.05, 3.63) is 57.9 Å². The number of anilines is 1. The topological polar surface area (TPSA) is 69.0 Å². The molecule has 0 radical (unpaired) electrons. The van der Waals surface area contributed by atoms with Crippen LogP contribution in [0.25, 0.3) is 10.9 Å². The minimum absolute atomic E-state index is 0.000272. The molecule has 3 aromatic rings. The van der Waals surface area contributed by atoms with Crippen molar-refractivity contribution in [3.63, 3.8) is 0 Å². The lowest BCUT2D eigenvalue weighted by molar-refractivity contribution is -0.140. The number of para-hydroxylation sites is 1. The smallest absolute Gasteiger partial charge is 0.371 e. The number of fused-ring (bicyclic) bond motifs is 1. The second kappa shape index (κ2) is 8.79. The summed E-state index contributed by atoms with van der Waals surface area (Å²) in [5.41, 5.74) is 0.399. The van der Waals surface area contributed by atoms with Gasteiger partial charge in [-0.05, 0) is 43.9 Å². The SMILES string of the molecule is CN(c1cc(C(F)(F)F)nc2ccccc12)[C@H]1CC[C@@H](NC(=O)c2cc(C#N)cs2)CC1. The van der Waals surface area contributed by atoms with Crippen LogP contribution in [0.3, 0.4) is 0 Å². The van der Waals surface area contributed by atoms with Crippen LogP contribution in [0.15, 0.2) is 41.8 Å². The lowest BCUT2D eigenvalue weighted by Crippen LogP contribution is -2.42. The van der Waals surface area contributed by atoms with Crippen molar-refractivity contribution in [2.45, 2.75) is 43.9 Å². The number of nitrogens with one attached hydrogen (secondary N) is 1. The van der Waals surface area contributed by atoms with Gasteiger partial charge in [0.25, 0.3) is 5.91 Å².